The van der Waals surface area contributed by atoms with Crippen LogP contribution < -0.4 is 10.0 Å². The lowest BCUT2D eigenvalue weighted by Crippen LogP contribution is -2.27. The summed E-state index contributed by atoms with van der Waals surface area (Å²) in [6, 6.07) is 19.6. The molecule has 0 saturated carbocycles. The Labute approximate surface area is 158 Å². The maximum absolute atomic E-state index is 12.1. The zero-order valence-corrected chi connectivity index (χ0v) is 15.4. The van der Waals surface area contributed by atoms with E-state index in [0.29, 0.717) is 12.4 Å². The monoisotopic (exact) mass is 384 g/mol. The van der Waals surface area contributed by atoms with Crippen LogP contribution in [0.5, 0.6) is 0 Å². The van der Waals surface area contributed by atoms with E-state index in [1.54, 1.807) is 35.1 Å². The fourth-order valence-corrected chi connectivity index (χ4v) is 3.53. The molecular formula is C19H20N4O3S. The molecule has 0 radical (unpaired) electrons. The molecule has 0 aliphatic heterocycles. The Hall–Kier alpha value is -2.97. The first-order valence-electron chi connectivity index (χ1n) is 8.45. The minimum Gasteiger partial charge on any atom is -0.309 e. The van der Waals surface area contributed by atoms with Crippen LogP contribution in [0.2, 0.25) is 0 Å². The van der Waals surface area contributed by atoms with Gasteiger partial charge in [0.25, 0.3) is 0 Å². The zero-order chi connectivity index (χ0) is 19.1. The molecular weight excluding hydrogens is 364 g/mol. The van der Waals surface area contributed by atoms with Gasteiger partial charge in [0.2, 0.25) is 15.9 Å². The number of rotatable bonds is 8. The van der Waals surface area contributed by atoms with Crippen molar-refractivity contribution in [1.29, 1.82) is 0 Å². The Morgan fingerprint density at radius 3 is 2.33 bits per heavy atom. The Balaban J connectivity index is 1.47. The van der Waals surface area contributed by atoms with Gasteiger partial charge in [-0.25, -0.2) is 13.1 Å². The first-order valence-corrected chi connectivity index (χ1v) is 9.93. The van der Waals surface area contributed by atoms with E-state index in [-0.39, 0.29) is 23.8 Å². The molecule has 27 heavy (non-hydrogen) atoms. The van der Waals surface area contributed by atoms with E-state index in [4.69, 9.17) is 0 Å². The average molecular weight is 384 g/mol. The molecule has 8 heteroatoms. The highest BCUT2D eigenvalue weighted by molar-refractivity contribution is 7.89. The quantitative estimate of drug-likeness (QED) is 0.623. The van der Waals surface area contributed by atoms with Gasteiger partial charge >= 0.3 is 0 Å². The lowest BCUT2D eigenvalue weighted by atomic mass is 10.2. The highest BCUT2D eigenvalue weighted by atomic mass is 32.2. The maximum Gasteiger partial charge on any atom is 0.240 e. The lowest BCUT2D eigenvalue weighted by Gasteiger charge is -2.06. The molecule has 0 fully saturated rings. The van der Waals surface area contributed by atoms with Gasteiger partial charge in [0.1, 0.15) is 0 Å². The number of nitrogens with zero attached hydrogens (tertiary/aromatic N) is 2. The second kappa shape index (κ2) is 8.61. The molecule has 0 unspecified atom stereocenters. The minimum absolute atomic E-state index is 0.00772. The van der Waals surface area contributed by atoms with Gasteiger partial charge in [-0.05, 0) is 17.7 Å². The van der Waals surface area contributed by atoms with Crippen molar-refractivity contribution in [3.05, 3.63) is 78.5 Å². The van der Waals surface area contributed by atoms with Crippen LogP contribution in [0.15, 0.2) is 77.8 Å². The van der Waals surface area contributed by atoms with Gasteiger partial charge in [-0.3, -0.25) is 9.48 Å². The summed E-state index contributed by atoms with van der Waals surface area (Å²) in [7, 11) is -3.61. The van der Waals surface area contributed by atoms with Crippen molar-refractivity contribution >= 4 is 21.7 Å². The molecule has 3 aromatic rings. The maximum atomic E-state index is 12.1. The van der Waals surface area contributed by atoms with E-state index >= 15 is 0 Å². The van der Waals surface area contributed by atoms with Gasteiger partial charge in [-0.1, -0.05) is 48.5 Å². The summed E-state index contributed by atoms with van der Waals surface area (Å²) in [6.07, 6.45) is 1.79. The molecule has 2 N–H and O–H groups in total. The van der Waals surface area contributed by atoms with Crippen LogP contribution in [0.1, 0.15) is 12.0 Å². The van der Waals surface area contributed by atoms with E-state index in [1.807, 2.05) is 30.3 Å². The van der Waals surface area contributed by atoms with Crippen molar-refractivity contribution < 1.29 is 13.2 Å². The number of benzene rings is 2. The molecule has 0 bridgehead atoms. The van der Waals surface area contributed by atoms with Crippen LogP contribution in [0.4, 0.5) is 5.82 Å². The Morgan fingerprint density at radius 2 is 1.63 bits per heavy atom. The molecule has 2 aromatic carbocycles. The Bertz CT molecular complexity index is 986. The Kier molecular flexibility index (Phi) is 6.00. The van der Waals surface area contributed by atoms with Crippen molar-refractivity contribution in [3.8, 4) is 0 Å². The summed E-state index contributed by atoms with van der Waals surface area (Å²) >= 11 is 0. The molecule has 0 saturated heterocycles. The van der Waals surface area contributed by atoms with E-state index in [9.17, 15) is 13.2 Å². The molecule has 0 aliphatic rings. The topological polar surface area (TPSA) is 93.1 Å². The van der Waals surface area contributed by atoms with Gasteiger partial charge in [0.15, 0.2) is 5.82 Å². The third-order valence-electron chi connectivity index (χ3n) is 3.79. The summed E-state index contributed by atoms with van der Waals surface area (Å²) in [4.78, 5) is 12.2. The zero-order valence-electron chi connectivity index (χ0n) is 14.6. The molecule has 0 atom stereocenters. The fraction of sp³-hybridized carbons (Fsp3) is 0.158. The van der Waals surface area contributed by atoms with Gasteiger partial charge in [0, 0.05) is 25.2 Å². The normalized spacial score (nSPS) is 11.3. The van der Waals surface area contributed by atoms with Crippen LogP contribution in [-0.4, -0.2) is 30.7 Å². The number of aromatic nitrogens is 2. The van der Waals surface area contributed by atoms with Crippen LogP contribution in [-0.2, 0) is 21.4 Å². The minimum atomic E-state index is -3.61. The summed E-state index contributed by atoms with van der Waals surface area (Å²) in [5.74, 6) is 0.123. The highest BCUT2D eigenvalue weighted by Crippen LogP contribution is 2.08. The van der Waals surface area contributed by atoms with E-state index in [2.05, 4.69) is 15.1 Å². The van der Waals surface area contributed by atoms with Crippen molar-refractivity contribution in [3.63, 3.8) is 0 Å². The standard InChI is InChI=1S/C19H20N4O3S/c24-19(11-13-20-27(25,26)17-9-5-2-6-10-17)21-18-12-14-23(22-18)15-16-7-3-1-4-8-16/h1-10,12,14,20H,11,13,15H2,(H,21,22,24). The summed E-state index contributed by atoms with van der Waals surface area (Å²) in [6.45, 7) is 0.612. The second-order valence-corrected chi connectivity index (χ2v) is 7.66. The SMILES string of the molecule is O=C(CCNS(=O)(=O)c1ccccc1)Nc1ccn(Cc2ccccc2)n1. The van der Waals surface area contributed by atoms with Crippen LogP contribution in [0, 0.1) is 0 Å². The molecule has 1 aromatic heterocycles. The number of carbonyl (C=O) groups is 1. The number of anilines is 1. The number of nitrogens with one attached hydrogen (secondary N) is 2. The van der Waals surface area contributed by atoms with Crippen molar-refractivity contribution in [2.75, 3.05) is 11.9 Å². The van der Waals surface area contributed by atoms with Gasteiger partial charge in [0.05, 0.1) is 11.4 Å². The molecule has 7 nitrogen and oxygen atoms in total. The number of amides is 1. The van der Waals surface area contributed by atoms with Crippen LogP contribution in [0.25, 0.3) is 0 Å². The van der Waals surface area contributed by atoms with Crippen molar-refractivity contribution in [2.45, 2.75) is 17.9 Å². The molecule has 0 aliphatic carbocycles. The van der Waals surface area contributed by atoms with Gasteiger partial charge < -0.3 is 5.32 Å². The highest BCUT2D eigenvalue weighted by Gasteiger charge is 2.13. The summed E-state index contributed by atoms with van der Waals surface area (Å²) in [5.41, 5.74) is 1.11. The largest absolute Gasteiger partial charge is 0.309 e. The van der Waals surface area contributed by atoms with E-state index in [1.165, 1.54) is 12.1 Å². The molecule has 0 spiro atoms. The van der Waals surface area contributed by atoms with Gasteiger partial charge in [-0.2, -0.15) is 5.10 Å². The van der Waals surface area contributed by atoms with Crippen LogP contribution in [0.3, 0.4) is 0 Å². The fourth-order valence-electron chi connectivity index (χ4n) is 2.47. The van der Waals surface area contributed by atoms with E-state index in [0.717, 1.165) is 5.56 Å². The van der Waals surface area contributed by atoms with Crippen LogP contribution >= 0.6 is 0 Å². The smallest absolute Gasteiger partial charge is 0.240 e. The predicted octanol–water partition coefficient (Wildman–Crippen LogP) is 2.24. The number of hydrogen-bond donors (Lipinski definition) is 2. The number of carbonyl (C=O) groups excluding carboxylic acids is 1. The second-order valence-electron chi connectivity index (χ2n) is 5.89. The Morgan fingerprint density at radius 1 is 0.963 bits per heavy atom. The first kappa shape index (κ1) is 18.8. The predicted molar refractivity (Wildman–Crippen MR) is 103 cm³/mol. The average Bonchev–Trinajstić information content (AvgIpc) is 3.10. The van der Waals surface area contributed by atoms with Crippen molar-refractivity contribution in [2.24, 2.45) is 0 Å². The lowest BCUT2D eigenvalue weighted by molar-refractivity contribution is -0.116. The van der Waals surface area contributed by atoms with Gasteiger partial charge in [-0.15, -0.1) is 0 Å². The third-order valence-corrected chi connectivity index (χ3v) is 5.27. The summed E-state index contributed by atoms with van der Waals surface area (Å²) < 4.78 is 28.3. The first-order chi connectivity index (χ1) is 13.0. The summed E-state index contributed by atoms with van der Waals surface area (Å²) in [5, 5.41) is 6.96. The molecule has 1 amide bonds. The van der Waals surface area contributed by atoms with Crippen molar-refractivity contribution in [1.82, 2.24) is 14.5 Å². The molecule has 140 valence electrons. The third kappa shape index (κ3) is 5.50. The number of sulfonamides is 1. The van der Waals surface area contributed by atoms with E-state index < -0.39 is 10.0 Å². The molecule has 3 rings (SSSR count). The number of hydrogen-bond acceptors (Lipinski definition) is 4. The molecule has 1 heterocycles.